The Hall–Kier alpha value is -0.820. The molecule has 3 rings (SSSR count). The molecule has 0 aromatic heterocycles. The third-order valence-electron chi connectivity index (χ3n) is 4.75. The maximum Gasteiger partial charge on any atom is 0.0205 e. The van der Waals surface area contributed by atoms with Gasteiger partial charge in [-0.25, -0.2) is 0 Å². The first-order chi connectivity index (χ1) is 8.42. The van der Waals surface area contributed by atoms with Gasteiger partial charge in [0.25, 0.3) is 0 Å². The fourth-order valence-corrected chi connectivity index (χ4v) is 3.85. The van der Waals surface area contributed by atoms with Crippen molar-refractivity contribution in [3.8, 4) is 0 Å². The Labute approximate surface area is 105 Å². The van der Waals surface area contributed by atoms with Crippen LogP contribution in [0.2, 0.25) is 0 Å². The molecule has 2 saturated carbocycles. The predicted molar refractivity (Wildman–Crippen MR) is 71.7 cm³/mol. The molecule has 0 unspecified atom stereocenters. The fourth-order valence-electron chi connectivity index (χ4n) is 3.85. The quantitative estimate of drug-likeness (QED) is 0.761. The van der Waals surface area contributed by atoms with E-state index in [0.717, 1.165) is 24.3 Å². The summed E-state index contributed by atoms with van der Waals surface area (Å²) in [6.07, 6.45) is 7.52. The number of fused-ring (bicyclic) bond motifs is 2. The molecule has 1 N–H and O–H groups in total. The summed E-state index contributed by atoms with van der Waals surface area (Å²) in [4.78, 5) is 0. The minimum atomic E-state index is 1.03. The van der Waals surface area contributed by atoms with Crippen molar-refractivity contribution in [2.75, 3.05) is 6.54 Å². The van der Waals surface area contributed by atoms with Gasteiger partial charge in [0.2, 0.25) is 0 Å². The van der Waals surface area contributed by atoms with Gasteiger partial charge in [0.05, 0.1) is 0 Å². The van der Waals surface area contributed by atoms with E-state index in [0.29, 0.717) is 0 Å². The van der Waals surface area contributed by atoms with E-state index in [1.54, 1.807) is 6.42 Å². The average Bonchev–Trinajstić information content (AvgIpc) is 2.98. The van der Waals surface area contributed by atoms with Crippen LogP contribution >= 0.6 is 0 Å². The van der Waals surface area contributed by atoms with E-state index in [4.69, 9.17) is 0 Å². The van der Waals surface area contributed by atoms with Crippen LogP contribution in [0.5, 0.6) is 0 Å². The maximum atomic E-state index is 3.59. The van der Waals surface area contributed by atoms with E-state index < -0.39 is 0 Å². The summed E-state index contributed by atoms with van der Waals surface area (Å²) >= 11 is 0. The van der Waals surface area contributed by atoms with Gasteiger partial charge in [-0.3, -0.25) is 0 Å². The second kappa shape index (κ2) is 5.22. The Morgan fingerprint density at radius 2 is 1.94 bits per heavy atom. The van der Waals surface area contributed by atoms with Crippen molar-refractivity contribution in [1.29, 1.82) is 0 Å². The highest BCUT2D eigenvalue weighted by atomic mass is 14.8. The van der Waals surface area contributed by atoms with Crippen LogP contribution < -0.4 is 5.32 Å². The lowest BCUT2D eigenvalue weighted by Crippen LogP contribution is -2.20. The lowest BCUT2D eigenvalue weighted by Gasteiger charge is -2.21. The van der Waals surface area contributed by atoms with Crippen LogP contribution in [-0.2, 0) is 6.54 Å². The molecular formula is C16H23N. The van der Waals surface area contributed by atoms with E-state index in [9.17, 15) is 0 Å². The van der Waals surface area contributed by atoms with Gasteiger partial charge in [0, 0.05) is 6.54 Å². The van der Waals surface area contributed by atoms with Crippen LogP contribution in [0.25, 0.3) is 0 Å². The Bertz CT molecular complexity index is 346. The van der Waals surface area contributed by atoms with Crippen molar-refractivity contribution in [3.63, 3.8) is 0 Å². The van der Waals surface area contributed by atoms with Crippen molar-refractivity contribution >= 4 is 0 Å². The van der Waals surface area contributed by atoms with Crippen LogP contribution in [0, 0.1) is 17.8 Å². The maximum absolute atomic E-state index is 3.59. The normalized spacial score (nSPS) is 30.9. The van der Waals surface area contributed by atoms with Gasteiger partial charge < -0.3 is 5.32 Å². The fraction of sp³-hybridized carbons (Fsp3) is 0.625. The first-order valence-corrected chi connectivity index (χ1v) is 7.16. The zero-order chi connectivity index (χ0) is 11.5. The van der Waals surface area contributed by atoms with Crippen molar-refractivity contribution in [3.05, 3.63) is 35.9 Å². The van der Waals surface area contributed by atoms with Crippen molar-refractivity contribution in [2.45, 2.75) is 38.6 Å². The smallest absolute Gasteiger partial charge is 0.0205 e. The van der Waals surface area contributed by atoms with Gasteiger partial charge in [-0.2, -0.15) is 0 Å². The molecule has 3 atom stereocenters. The molecule has 2 aliphatic rings. The first-order valence-electron chi connectivity index (χ1n) is 7.16. The van der Waals surface area contributed by atoms with Gasteiger partial charge >= 0.3 is 0 Å². The molecule has 0 aliphatic heterocycles. The van der Waals surface area contributed by atoms with Crippen molar-refractivity contribution in [1.82, 2.24) is 5.32 Å². The second-order valence-corrected chi connectivity index (χ2v) is 5.89. The van der Waals surface area contributed by atoms with Crippen molar-refractivity contribution < 1.29 is 0 Å². The molecule has 0 amide bonds. The van der Waals surface area contributed by atoms with Crippen LogP contribution in [-0.4, -0.2) is 6.54 Å². The number of nitrogens with one attached hydrogen (secondary N) is 1. The molecule has 2 fully saturated rings. The molecule has 0 heterocycles. The minimum Gasteiger partial charge on any atom is -0.313 e. The van der Waals surface area contributed by atoms with Crippen LogP contribution in [0.1, 0.15) is 37.7 Å². The van der Waals surface area contributed by atoms with E-state index in [1.807, 2.05) is 0 Å². The van der Waals surface area contributed by atoms with E-state index >= 15 is 0 Å². The highest BCUT2D eigenvalue weighted by Gasteiger charge is 2.38. The van der Waals surface area contributed by atoms with E-state index in [-0.39, 0.29) is 0 Å². The molecule has 1 nitrogen and oxygen atoms in total. The topological polar surface area (TPSA) is 12.0 Å². The van der Waals surface area contributed by atoms with E-state index in [2.05, 4.69) is 35.6 Å². The molecule has 1 aromatic rings. The second-order valence-electron chi connectivity index (χ2n) is 5.89. The number of hydrogen-bond acceptors (Lipinski definition) is 1. The van der Waals surface area contributed by atoms with Gasteiger partial charge in [-0.1, -0.05) is 36.8 Å². The van der Waals surface area contributed by atoms with Gasteiger partial charge in [-0.05, 0) is 55.5 Å². The lowest BCUT2D eigenvalue weighted by atomic mass is 9.86. The molecule has 0 spiro atoms. The Morgan fingerprint density at radius 3 is 2.65 bits per heavy atom. The summed E-state index contributed by atoms with van der Waals surface area (Å²) in [7, 11) is 0. The highest BCUT2D eigenvalue weighted by molar-refractivity contribution is 5.14. The van der Waals surface area contributed by atoms with E-state index in [1.165, 1.54) is 37.8 Å². The lowest BCUT2D eigenvalue weighted by molar-refractivity contribution is 0.310. The Kier molecular flexibility index (Phi) is 3.46. The standard InChI is InChI=1S/C16H23N/c1-2-4-13(5-3-1)12-17-9-8-16-11-14-6-7-15(16)10-14/h1-5,14-17H,6-12H2/t14-,15-,16-/m0/s1. The monoisotopic (exact) mass is 229 g/mol. The molecular weight excluding hydrogens is 206 g/mol. The summed E-state index contributed by atoms with van der Waals surface area (Å²) in [5.74, 6) is 3.22. The largest absolute Gasteiger partial charge is 0.313 e. The molecule has 17 heavy (non-hydrogen) atoms. The SMILES string of the molecule is c1ccc(CNCC[C@H]2C[C@H]3CC[C@H]2C3)cc1. The summed E-state index contributed by atoms with van der Waals surface area (Å²) < 4.78 is 0. The molecule has 2 aliphatic carbocycles. The average molecular weight is 229 g/mol. The third-order valence-corrected chi connectivity index (χ3v) is 4.75. The summed E-state index contributed by atoms with van der Waals surface area (Å²) in [6, 6.07) is 10.7. The van der Waals surface area contributed by atoms with Crippen molar-refractivity contribution in [2.24, 2.45) is 17.8 Å². The Morgan fingerprint density at radius 1 is 1.06 bits per heavy atom. The number of rotatable bonds is 5. The molecule has 1 aromatic carbocycles. The summed E-state index contributed by atoms with van der Waals surface area (Å²) in [5, 5.41) is 3.59. The molecule has 1 heteroatoms. The third kappa shape index (κ3) is 2.71. The van der Waals surface area contributed by atoms with Gasteiger partial charge in [0.15, 0.2) is 0 Å². The minimum absolute atomic E-state index is 1.03. The number of benzene rings is 1. The van der Waals surface area contributed by atoms with Crippen LogP contribution in [0.15, 0.2) is 30.3 Å². The number of hydrogen-bond donors (Lipinski definition) is 1. The summed E-state index contributed by atoms with van der Waals surface area (Å²) in [6.45, 7) is 2.23. The summed E-state index contributed by atoms with van der Waals surface area (Å²) in [5.41, 5.74) is 1.40. The zero-order valence-corrected chi connectivity index (χ0v) is 10.6. The molecule has 0 radical (unpaired) electrons. The van der Waals surface area contributed by atoms with Gasteiger partial charge in [-0.15, -0.1) is 0 Å². The molecule has 2 bridgehead atoms. The molecule has 0 saturated heterocycles. The van der Waals surface area contributed by atoms with Crippen LogP contribution in [0.3, 0.4) is 0 Å². The first kappa shape index (κ1) is 11.3. The van der Waals surface area contributed by atoms with Gasteiger partial charge in [0.1, 0.15) is 0 Å². The molecule has 92 valence electrons. The predicted octanol–water partition coefficient (Wildman–Crippen LogP) is 3.60. The zero-order valence-electron chi connectivity index (χ0n) is 10.6. The van der Waals surface area contributed by atoms with Crippen LogP contribution in [0.4, 0.5) is 0 Å². The highest BCUT2D eigenvalue weighted by Crippen LogP contribution is 2.49. The Balaban J connectivity index is 1.36.